The number of aromatic nitrogens is 2. The van der Waals surface area contributed by atoms with Crippen LogP contribution in [0.15, 0.2) is 27.6 Å². The number of carboxylic acids is 1. The van der Waals surface area contributed by atoms with Crippen LogP contribution >= 0.6 is 0 Å². The second kappa shape index (κ2) is 5.50. The Hall–Kier alpha value is -2.46. The molecule has 0 atom stereocenters. The van der Waals surface area contributed by atoms with Crippen LogP contribution in [0.2, 0.25) is 0 Å². The van der Waals surface area contributed by atoms with E-state index in [-0.39, 0.29) is 23.0 Å². The van der Waals surface area contributed by atoms with Gasteiger partial charge in [-0.25, -0.2) is 17.9 Å². The van der Waals surface area contributed by atoms with Crippen LogP contribution < -0.4 is 10.5 Å². The molecular formula is C11H12N4O5S. The first kappa shape index (κ1) is 14.9. The molecule has 1 aromatic heterocycles. The molecular weight excluding hydrogens is 300 g/mol. The zero-order valence-corrected chi connectivity index (χ0v) is 11.7. The molecule has 0 saturated carbocycles. The normalized spacial score (nSPS) is 11.5. The maximum Gasteiger partial charge on any atom is 0.337 e. The van der Waals surface area contributed by atoms with Gasteiger partial charge in [-0.3, -0.25) is 0 Å². The molecule has 9 nitrogen and oxygen atoms in total. The number of nitrogens with one attached hydrogen (secondary N) is 1. The third-order valence-electron chi connectivity index (χ3n) is 2.51. The summed E-state index contributed by atoms with van der Waals surface area (Å²) >= 11 is 0. The lowest BCUT2D eigenvalue weighted by Gasteiger charge is -2.08. The molecule has 1 aromatic carbocycles. The number of nitrogen functional groups attached to an aromatic ring is 1. The van der Waals surface area contributed by atoms with E-state index in [1.54, 1.807) is 6.92 Å². The number of nitrogens with zero attached hydrogens (tertiary/aromatic N) is 2. The summed E-state index contributed by atoms with van der Waals surface area (Å²) < 4.78 is 31.2. The zero-order valence-electron chi connectivity index (χ0n) is 10.9. The molecule has 21 heavy (non-hydrogen) atoms. The van der Waals surface area contributed by atoms with Gasteiger partial charge in [-0.1, -0.05) is 5.16 Å². The maximum atomic E-state index is 12.1. The fourth-order valence-electron chi connectivity index (χ4n) is 1.60. The van der Waals surface area contributed by atoms with Gasteiger partial charge >= 0.3 is 5.97 Å². The largest absolute Gasteiger partial charge is 0.478 e. The van der Waals surface area contributed by atoms with Gasteiger partial charge < -0.3 is 15.4 Å². The molecule has 0 saturated heterocycles. The highest BCUT2D eigenvalue weighted by molar-refractivity contribution is 7.89. The van der Waals surface area contributed by atoms with Gasteiger partial charge in [0.2, 0.25) is 15.9 Å². The molecule has 10 heteroatoms. The smallest absolute Gasteiger partial charge is 0.337 e. The van der Waals surface area contributed by atoms with E-state index in [1.807, 2.05) is 0 Å². The van der Waals surface area contributed by atoms with Crippen LogP contribution in [0.4, 0.5) is 5.69 Å². The number of aromatic carboxylic acids is 1. The van der Waals surface area contributed by atoms with Crippen molar-refractivity contribution in [1.29, 1.82) is 0 Å². The summed E-state index contributed by atoms with van der Waals surface area (Å²) in [5, 5.41) is 12.6. The van der Waals surface area contributed by atoms with E-state index in [9.17, 15) is 13.2 Å². The van der Waals surface area contributed by atoms with Gasteiger partial charge in [0.1, 0.15) is 0 Å². The second-order valence-electron chi connectivity index (χ2n) is 4.11. The minimum absolute atomic E-state index is 0.142. The molecule has 0 fully saturated rings. The molecule has 0 aliphatic carbocycles. The predicted octanol–water partition coefficient (Wildman–Crippen LogP) is 0.137. The molecule has 0 amide bonds. The number of hydrogen-bond acceptors (Lipinski definition) is 7. The van der Waals surface area contributed by atoms with E-state index in [2.05, 4.69) is 14.9 Å². The highest BCUT2D eigenvalue weighted by Crippen LogP contribution is 2.19. The number of benzene rings is 1. The first-order valence-electron chi connectivity index (χ1n) is 5.71. The SMILES string of the molecule is Cc1nc(CNS(=O)(=O)c2ccc(N)cc2C(=O)O)no1. The Morgan fingerprint density at radius 2 is 2.19 bits per heavy atom. The van der Waals surface area contributed by atoms with Crippen LogP contribution in [-0.4, -0.2) is 29.6 Å². The Morgan fingerprint density at radius 3 is 2.76 bits per heavy atom. The number of anilines is 1. The van der Waals surface area contributed by atoms with Crippen LogP contribution in [-0.2, 0) is 16.6 Å². The summed E-state index contributed by atoms with van der Waals surface area (Å²) in [4.78, 5) is 14.6. The standard InChI is InChI=1S/C11H12N4O5S/c1-6-14-10(15-20-6)5-13-21(18,19)9-3-2-7(12)4-8(9)11(16)17/h2-4,13H,5,12H2,1H3,(H,16,17). The minimum atomic E-state index is -4.05. The monoisotopic (exact) mass is 312 g/mol. The van der Waals surface area contributed by atoms with Gasteiger partial charge in [0.15, 0.2) is 5.82 Å². The first-order valence-corrected chi connectivity index (χ1v) is 7.19. The van der Waals surface area contributed by atoms with Gasteiger partial charge in [-0.2, -0.15) is 4.98 Å². The summed E-state index contributed by atoms with van der Waals surface area (Å²) in [6.07, 6.45) is 0. The number of carboxylic acid groups (broad SMARTS) is 1. The van der Waals surface area contributed by atoms with Crippen LogP contribution in [0.1, 0.15) is 22.1 Å². The topological polar surface area (TPSA) is 148 Å². The molecule has 2 aromatic rings. The third kappa shape index (κ3) is 3.35. The fraction of sp³-hybridized carbons (Fsp3) is 0.182. The van der Waals surface area contributed by atoms with Crippen molar-refractivity contribution in [2.45, 2.75) is 18.4 Å². The number of sulfonamides is 1. The van der Waals surface area contributed by atoms with Crippen molar-refractivity contribution < 1.29 is 22.8 Å². The maximum absolute atomic E-state index is 12.1. The van der Waals surface area contributed by atoms with E-state index < -0.39 is 21.6 Å². The summed E-state index contributed by atoms with van der Waals surface area (Å²) in [6.45, 7) is 1.34. The van der Waals surface area contributed by atoms with Crippen molar-refractivity contribution in [1.82, 2.24) is 14.9 Å². The summed E-state index contributed by atoms with van der Waals surface area (Å²) in [6, 6.07) is 3.51. The highest BCUT2D eigenvalue weighted by Gasteiger charge is 2.22. The van der Waals surface area contributed by atoms with Crippen molar-refractivity contribution in [3.05, 3.63) is 35.5 Å². The fourth-order valence-corrected chi connectivity index (χ4v) is 2.76. The lowest BCUT2D eigenvalue weighted by Crippen LogP contribution is -2.25. The number of hydrogen-bond donors (Lipinski definition) is 3. The number of carbonyl (C=O) groups is 1. The van der Waals surface area contributed by atoms with E-state index in [4.69, 9.17) is 15.4 Å². The van der Waals surface area contributed by atoms with Crippen LogP contribution in [0.25, 0.3) is 0 Å². The molecule has 1 heterocycles. The molecule has 0 spiro atoms. The van der Waals surface area contributed by atoms with Crippen molar-refractivity contribution in [3.8, 4) is 0 Å². The van der Waals surface area contributed by atoms with Gasteiger partial charge in [-0.15, -0.1) is 0 Å². The summed E-state index contributed by atoms with van der Waals surface area (Å²) in [5.74, 6) is -0.954. The molecule has 2 rings (SSSR count). The van der Waals surface area contributed by atoms with Gasteiger partial charge in [0, 0.05) is 12.6 Å². The van der Waals surface area contributed by atoms with Crippen LogP contribution in [0.5, 0.6) is 0 Å². The van der Waals surface area contributed by atoms with Gasteiger partial charge in [0.05, 0.1) is 17.0 Å². The van der Waals surface area contributed by atoms with Gasteiger partial charge in [-0.05, 0) is 18.2 Å². The molecule has 0 bridgehead atoms. The average Bonchev–Trinajstić information content (AvgIpc) is 2.82. The zero-order chi connectivity index (χ0) is 15.6. The lowest BCUT2D eigenvalue weighted by molar-refractivity contribution is 0.0692. The van der Waals surface area contributed by atoms with E-state index in [0.717, 1.165) is 12.1 Å². The average molecular weight is 312 g/mol. The van der Waals surface area contributed by atoms with Crippen LogP contribution in [0, 0.1) is 6.92 Å². The first-order chi connectivity index (χ1) is 9.79. The van der Waals surface area contributed by atoms with Crippen molar-refractivity contribution in [2.75, 3.05) is 5.73 Å². The molecule has 0 aliphatic rings. The number of rotatable bonds is 5. The Balaban J connectivity index is 2.29. The Bertz CT molecular complexity index is 784. The Morgan fingerprint density at radius 1 is 1.48 bits per heavy atom. The minimum Gasteiger partial charge on any atom is -0.478 e. The number of nitrogens with two attached hydrogens (primary N) is 1. The Labute approximate surface area is 119 Å². The van der Waals surface area contributed by atoms with Crippen molar-refractivity contribution in [2.24, 2.45) is 0 Å². The molecule has 0 radical (unpaired) electrons. The Kier molecular flexibility index (Phi) is 3.91. The van der Waals surface area contributed by atoms with Crippen molar-refractivity contribution >= 4 is 21.7 Å². The summed E-state index contributed by atoms with van der Waals surface area (Å²) in [7, 11) is -4.05. The van der Waals surface area contributed by atoms with Crippen LogP contribution in [0.3, 0.4) is 0 Å². The molecule has 4 N–H and O–H groups in total. The number of aryl methyl sites for hydroxylation is 1. The predicted molar refractivity (Wildman–Crippen MR) is 70.9 cm³/mol. The molecule has 112 valence electrons. The van der Waals surface area contributed by atoms with Gasteiger partial charge in [0.25, 0.3) is 0 Å². The summed E-state index contributed by atoms with van der Waals surface area (Å²) in [5.41, 5.74) is 5.21. The van der Waals surface area contributed by atoms with E-state index in [0.29, 0.717) is 5.89 Å². The molecule has 0 unspecified atom stereocenters. The molecule has 0 aliphatic heterocycles. The van der Waals surface area contributed by atoms with Crippen molar-refractivity contribution in [3.63, 3.8) is 0 Å². The second-order valence-corrected chi connectivity index (χ2v) is 5.85. The third-order valence-corrected chi connectivity index (χ3v) is 3.97. The van der Waals surface area contributed by atoms with E-state index >= 15 is 0 Å². The highest BCUT2D eigenvalue weighted by atomic mass is 32.2. The van der Waals surface area contributed by atoms with E-state index in [1.165, 1.54) is 6.07 Å². The quantitative estimate of drug-likeness (QED) is 0.660. The lowest BCUT2D eigenvalue weighted by atomic mass is 10.2.